The molecule has 0 atom stereocenters. The predicted molar refractivity (Wildman–Crippen MR) is 52.7 cm³/mol. The summed E-state index contributed by atoms with van der Waals surface area (Å²) in [6.45, 7) is 0.124. The normalized spacial score (nSPS) is 10.7. The average Bonchev–Trinajstić information content (AvgIpc) is 2.18. The molecule has 0 aromatic carbocycles. The molecule has 0 unspecified atom stereocenters. The van der Waals surface area contributed by atoms with E-state index >= 15 is 0 Å². The monoisotopic (exact) mass is 210 g/mol. The minimum atomic E-state index is -1.08. The molecule has 0 saturated carbocycles. The van der Waals surface area contributed by atoms with Gasteiger partial charge in [0.05, 0.1) is 0 Å². The summed E-state index contributed by atoms with van der Waals surface area (Å²) in [6, 6.07) is 1.25. The van der Waals surface area contributed by atoms with Crippen molar-refractivity contribution in [3.05, 3.63) is 45.3 Å². The van der Waals surface area contributed by atoms with Crippen LogP contribution in [0.4, 0.5) is 0 Å². The Morgan fingerprint density at radius 1 is 1.53 bits per heavy atom. The quantitative estimate of drug-likeness (QED) is 0.661. The van der Waals surface area contributed by atoms with Crippen LogP contribution in [-0.2, 0) is 18.4 Å². The molecular formula is C9H10N2O4. The summed E-state index contributed by atoms with van der Waals surface area (Å²) in [5.41, 5.74) is -0.865. The van der Waals surface area contributed by atoms with Crippen LogP contribution in [0.15, 0.2) is 34.0 Å². The van der Waals surface area contributed by atoms with Gasteiger partial charge in [0.15, 0.2) is 0 Å². The summed E-state index contributed by atoms with van der Waals surface area (Å²) in [7, 11) is 1.36. The van der Waals surface area contributed by atoms with Crippen LogP contribution in [-0.4, -0.2) is 20.2 Å². The van der Waals surface area contributed by atoms with E-state index in [2.05, 4.69) is 0 Å². The maximum absolute atomic E-state index is 11.4. The van der Waals surface area contributed by atoms with Gasteiger partial charge in [-0.3, -0.25) is 13.9 Å². The summed E-state index contributed by atoms with van der Waals surface area (Å²) < 4.78 is 2.19. The molecule has 1 aromatic rings. The zero-order valence-electron chi connectivity index (χ0n) is 8.08. The second-order valence-corrected chi connectivity index (χ2v) is 2.89. The van der Waals surface area contributed by atoms with Crippen molar-refractivity contribution in [3.63, 3.8) is 0 Å². The van der Waals surface area contributed by atoms with Crippen LogP contribution in [0.1, 0.15) is 0 Å². The molecule has 1 rings (SSSR count). The Bertz CT molecular complexity index is 510. The maximum atomic E-state index is 11.4. The van der Waals surface area contributed by atoms with E-state index in [0.717, 1.165) is 10.6 Å². The highest BCUT2D eigenvalue weighted by atomic mass is 16.4. The Morgan fingerprint density at radius 2 is 2.20 bits per heavy atom. The Labute approximate surface area is 84.7 Å². The van der Waals surface area contributed by atoms with E-state index in [9.17, 15) is 14.4 Å². The van der Waals surface area contributed by atoms with Crippen molar-refractivity contribution in [2.75, 3.05) is 0 Å². The zero-order valence-corrected chi connectivity index (χ0v) is 8.08. The van der Waals surface area contributed by atoms with Crippen molar-refractivity contribution < 1.29 is 9.90 Å². The third-order valence-electron chi connectivity index (χ3n) is 1.82. The molecule has 0 amide bonds. The van der Waals surface area contributed by atoms with Gasteiger partial charge in [-0.2, -0.15) is 0 Å². The van der Waals surface area contributed by atoms with Gasteiger partial charge >= 0.3 is 11.7 Å². The van der Waals surface area contributed by atoms with Crippen molar-refractivity contribution in [1.82, 2.24) is 9.13 Å². The van der Waals surface area contributed by atoms with Crippen molar-refractivity contribution in [2.45, 2.75) is 6.54 Å². The first kappa shape index (κ1) is 11.0. The summed E-state index contributed by atoms with van der Waals surface area (Å²) in [5, 5.41) is 8.33. The minimum absolute atomic E-state index is 0.124. The molecule has 80 valence electrons. The fourth-order valence-electron chi connectivity index (χ4n) is 1.02. The second kappa shape index (κ2) is 4.41. The van der Waals surface area contributed by atoms with E-state index in [1.54, 1.807) is 0 Å². The van der Waals surface area contributed by atoms with Gasteiger partial charge in [0.2, 0.25) is 0 Å². The van der Waals surface area contributed by atoms with E-state index in [-0.39, 0.29) is 6.54 Å². The lowest BCUT2D eigenvalue weighted by Gasteiger charge is -2.02. The van der Waals surface area contributed by atoms with E-state index in [1.165, 1.54) is 30.0 Å². The molecule has 0 radical (unpaired) electrons. The average molecular weight is 210 g/mol. The number of carboxylic acid groups (broad SMARTS) is 1. The van der Waals surface area contributed by atoms with Gasteiger partial charge in [0.25, 0.3) is 5.56 Å². The molecule has 0 fully saturated rings. The van der Waals surface area contributed by atoms with Crippen molar-refractivity contribution in [3.8, 4) is 0 Å². The topological polar surface area (TPSA) is 81.3 Å². The first-order valence-electron chi connectivity index (χ1n) is 4.18. The minimum Gasteiger partial charge on any atom is -0.478 e. The largest absolute Gasteiger partial charge is 0.478 e. The number of rotatable bonds is 3. The molecular weight excluding hydrogens is 200 g/mol. The Kier molecular flexibility index (Phi) is 3.22. The van der Waals surface area contributed by atoms with E-state index in [4.69, 9.17) is 5.11 Å². The molecule has 0 aliphatic carbocycles. The smallest absolute Gasteiger partial charge is 0.330 e. The van der Waals surface area contributed by atoms with Gasteiger partial charge in [-0.05, 0) is 0 Å². The van der Waals surface area contributed by atoms with Crippen molar-refractivity contribution in [2.24, 2.45) is 7.05 Å². The molecule has 0 bridgehead atoms. The summed E-state index contributed by atoms with van der Waals surface area (Å²) in [6.07, 6.45) is 3.60. The lowest BCUT2D eigenvalue weighted by Crippen LogP contribution is -2.36. The van der Waals surface area contributed by atoms with E-state index in [1.807, 2.05) is 0 Å². The van der Waals surface area contributed by atoms with Gasteiger partial charge < -0.3 is 5.11 Å². The molecule has 0 saturated heterocycles. The Balaban J connectivity index is 2.98. The lowest BCUT2D eigenvalue weighted by molar-refractivity contribution is -0.131. The molecule has 1 heterocycles. The molecule has 1 aromatic heterocycles. The van der Waals surface area contributed by atoms with Crippen LogP contribution < -0.4 is 11.2 Å². The standard InChI is InChI=1S/C9H10N2O4/c1-10-7(12)4-6-11(9(10)15)5-2-3-8(13)14/h2-4,6H,5H2,1H3,(H,13,14)/b3-2+. The first-order valence-corrected chi connectivity index (χ1v) is 4.18. The number of nitrogens with zero attached hydrogens (tertiary/aromatic N) is 2. The summed E-state index contributed by atoms with van der Waals surface area (Å²) in [5.74, 6) is -1.08. The fourth-order valence-corrected chi connectivity index (χ4v) is 1.02. The van der Waals surface area contributed by atoms with Gasteiger partial charge in [-0.1, -0.05) is 6.08 Å². The highest BCUT2D eigenvalue weighted by Gasteiger charge is 1.98. The van der Waals surface area contributed by atoms with Crippen molar-refractivity contribution in [1.29, 1.82) is 0 Å². The Hall–Kier alpha value is -2.11. The third kappa shape index (κ3) is 2.67. The lowest BCUT2D eigenvalue weighted by atomic mass is 10.5. The van der Waals surface area contributed by atoms with E-state index < -0.39 is 17.2 Å². The maximum Gasteiger partial charge on any atom is 0.330 e. The van der Waals surface area contributed by atoms with Crippen LogP contribution >= 0.6 is 0 Å². The van der Waals surface area contributed by atoms with Gasteiger partial charge in [-0.15, -0.1) is 0 Å². The third-order valence-corrected chi connectivity index (χ3v) is 1.82. The summed E-state index contributed by atoms with van der Waals surface area (Å²) >= 11 is 0. The van der Waals surface area contributed by atoms with Gasteiger partial charge in [0.1, 0.15) is 0 Å². The molecule has 6 nitrogen and oxygen atoms in total. The van der Waals surface area contributed by atoms with E-state index in [0.29, 0.717) is 0 Å². The van der Waals surface area contributed by atoms with Crippen LogP contribution in [0, 0.1) is 0 Å². The number of aromatic nitrogens is 2. The fraction of sp³-hybridized carbons (Fsp3) is 0.222. The molecule has 0 aliphatic rings. The highest BCUT2D eigenvalue weighted by molar-refractivity contribution is 5.79. The molecule has 1 N–H and O–H groups in total. The van der Waals surface area contributed by atoms with Gasteiger partial charge in [-0.25, -0.2) is 9.59 Å². The zero-order chi connectivity index (χ0) is 11.4. The number of carbonyl (C=O) groups is 1. The number of hydrogen-bond acceptors (Lipinski definition) is 3. The summed E-state index contributed by atoms with van der Waals surface area (Å²) in [4.78, 5) is 32.6. The highest BCUT2D eigenvalue weighted by Crippen LogP contribution is 1.81. The SMILES string of the molecule is Cn1c(=O)ccn(C/C=C/C(=O)O)c1=O. The van der Waals surface area contributed by atoms with Gasteiger partial charge in [0, 0.05) is 31.9 Å². The number of allylic oxidation sites excluding steroid dienone is 1. The molecule has 15 heavy (non-hydrogen) atoms. The van der Waals surface area contributed by atoms with Crippen LogP contribution in [0.2, 0.25) is 0 Å². The van der Waals surface area contributed by atoms with Crippen LogP contribution in [0.5, 0.6) is 0 Å². The predicted octanol–water partition coefficient (Wildman–Crippen LogP) is -0.812. The molecule has 6 heteroatoms. The molecule has 0 aliphatic heterocycles. The number of hydrogen-bond donors (Lipinski definition) is 1. The molecule has 0 spiro atoms. The second-order valence-electron chi connectivity index (χ2n) is 2.89. The van der Waals surface area contributed by atoms with Crippen molar-refractivity contribution >= 4 is 5.97 Å². The number of carboxylic acids is 1. The first-order chi connectivity index (χ1) is 7.02. The Morgan fingerprint density at radius 3 is 2.80 bits per heavy atom. The van der Waals surface area contributed by atoms with Crippen LogP contribution in [0.3, 0.4) is 0 Å². The number of aliphatic carboxylic acids is 1. The van der Waals surface area contributed by atoms with Crippen LogP contribution in [0.25, 0.3) is 0 Å².